The van der Waals surface area contributed by atoms with Gasteiger partial charge in [-0.25, -0.2) is 4.39 Å². The topological polar surface area (TPSA) is 50.6 Å². The molecule has 1 unspecified atom stereocenters. The third kappa shape index (κ3) is 2.25. The SMILES string of the molecule is CC(=O)NC(C)C(=O)c1ccn2ccc(F)cc12. The Bertz CT molecular complexity index is 618. The summed E-state index contributed by atoms with van der Waals surface area (Å²) in [6.45, 7) is 2.95. The highest BCUT2D eigenvalue weighted by atomic mass is 19.1. The Hall–Kier alpha value is -2.17. The van der Waals surface area contributed by atoms with E-state index < -0.39 is 11.9 Å². The number of Topliss-reactive ketones (excluding diaryl/α,β-unsaturated/α-hetero) is 1. The van der Waals surface area contributed by atoms with Crippen molar-refractivity contribution in [3.8, 4) is 0 Å². The molecule has 1 amide bonds. The number of nitrogens with zero attached hydrogens (tertiary/aromatic N) is 1. The maximum atomic E-state index is 13.2. The minimum Gasteiger partial charge on any atom is -0.346 e. The molecule has 0 aliphatic carbocycles. The van der Waals surface area contributed by atoms with Gasteiger partial charge < -0.3 is 9.72 Å². The third-order valence-electron chi connectivity index (χ3n) is 2.70. The summed E-state index contributed by atoms with van der Waals surface area (Å²) in [5.41, 5.74) is 0.896. The molecule has 94 valence electrons. The van der Waals surface area contributed by atoms with Crippen LogP contribution < -0.4 is 5.32 Å². The Morgan fingerprint density at radius 3 is 2.67 bits per heavy atom. The number of hydrogen-bond donors (Lipinski definition) is 1. The zero-order valence-electron chi connectivity index (χ0n) is 10.1. The third-order valence-corrected chi connectivity index (χ3v) is 2.70. The van der Waals surface area contributed by atoms with E-state index in [0.29, 0.717) is 11.1 Å². The van der Waals surface area contributed by atoms with E-state index in [4.69, 9.17) is 0 Å². The Morgan fingerprint density at radius 1 is 1.33 bits per heavy atom. The summed E-state index contributed by atoms with van der Waals surface area (Å²) in [6.07, 6.45) is 3.23. The highest BCUT2D eigenvalue weighted by Gasteiger charge is 2.19. The second-order valence-corrected chi connectivity index (χ2v) is 4.15. The van der Waals surface area contributed by atoms with Gasteiger partial charge in [-0.2, -0.15) is 0 Å². The molecule has 2 rings (SSSR count). The molecule has 18 heavy (non-hydrogen) atoms. The largest absolute Gasteiger partial charge is 0.346 e. The molecule has 0 bridgehead atoms. The van der Waals surface area contributed by atoms with Gasteiger partial charge in [-0.3, -0.25) is 9.59 Å². The maximum absolute atomic E-state index is 13.2. The molecule has 2 heterocycles. The lowest BCUT2D eigenvalue weighted by atomic mass is 10.1. The summed E-state index contributed by atoms with van der Waals surface area (Å²) in [5, 5.41) is 2.52. The molecule has 0 fully saturated rings. The molecule has 0 spiro atoms. The quantitative estimate of drug-likeness (QED) is 0.842. The van der Waals surface area contributed by atoms with Crippen LogP contribution in [0.1, 0.15) is 24.2 Å². The van der Waals surface area contributed by atoms with Crippen molar-refractivity contribution in [1.29, 1.82) is 0 Å². The van der Waals surface area contributed by atoms with Gasteiger partial charge in [0, 0.05) is 24.9 Å². The molecule has 0 saturated carbocycles. The van der Waals surface area contributed by atoms with Gasteiger partial charge in [-0.05, 0) is 25.1 Å². The number of amides is 1. The standard InChI is InChI=1S/C13H13FN2O2/c1-8(15-9(2)17)13(18)11-4-6-16-5-3-10(14)7-12(11)16/h3-8H,1-2H3,(H,15,17). The normalized spacial score (nSPS) is 12.4. The number of nitrogens with one attached hydrogen (secondary N) is 1. The fourth-order valence-corrected chi connectivity index (χ4v) is 1.88. The van der Waals surface area contributed by atoms with Crippen LogP contribution in [0.4, 0.5) is 4.39 Å². The molecule has 2 aromatic heterocycles. The van der Waals surface area contributed by atoms with E-state index in [9.17, 15) is 14.0 Å². The van der Waals surface area contributed by atoms with Crippen molar-refractivity contribution in [3.63, 3.8) is 0 Å². The highest BCUT2D eigenvalue weighted by molar-refractivity contribution is 6.06. The second kappa shape index (κ2) is 4.60. The van der Waals surface area contributed by atoms with Crippen LogP contribution in [0, 0.1) is 5.82 Å². The molecule has 2 aromatic rings. The lowest BCUT2D eigenvalue weighted by molar-refractivity contribution is -0.119. The molecular weight excluding hydrogens is 235 g/mol. The van der Waals surface area contributed by atoms with E-state index >= 15 is 0 Å². The first-order valence-corrected chi connectivity index (χ1v) is 5.56. The van der Waals surface area contributed by atoms with Crippen LogP contribution in [0.2, 0.25) is 0 Å². The molecule has 4 nitrogen and oxygen atoms in total. The van der Waals surface area contributed by atoms with Crippen LogP contribution in [0.5, 0.6) is 0 Å². The highest BCUT2D eigenvalue weighted by Crippen LogP contribution is 2.16. The number of fused-ring (bicyclic) bond motifs is 1. The van der Waals surface area contributed by atoms with Gasteiger partial charge in [0.25, 0.3) is 0 Å². The predicted octanol–water partition coefficient (Wildman–Crippen LogP) is 1.79. The van der Waals surface area contributed by atoms with Crippen LogP contribution in [0.15, 0.2) is 30.6 Å². The van der Waals surface area contributed by atoms with Gasteiger partial charge in [-0.1, -0.05) is 0 Å². The number of hydrogen-bond acceptors (Lipinski definition) is 2. The molecule has 1 N–H and O–H groups in total. The monoisotopic (exact) mass is 248 g/mol. The van der Waals surface area contributed by atoms with Crippen molar-refractivity contribution >= 4 is 17.2 Å². The lowest BCUT2D eigenvalue weighted by Crippen LogP contribution is -2.37. The predicted molar refractivity (Wildman–Crippen MR) is 65.0 cm³/mol. The van der Waals surface area contributed by atoms with Gasteiger partial charge in [0.2, 0.25) is 5.91 Å². The van der Waals surface area contributed by atoms with Gasteiger partial charge in [-0.15, -0.1) is 0 Å². The number of halogens is 1. The van der Waals surface area contributed by atoms with Crippen LogP contribution in [-0.2, 0) is 4.79 Å². The van der Waals surface area contributed by atoms with E-state index in [-0.39, 0.29) is 11.7 Å². The Balaban J connectivity index is 2.38. The molecule has 0 aromatic carbocycles. The number of carbonyl (C=O) groups is 2. The summed E-state index contributed by atoms with van der Waals surface area (Å²) in [4.78, 5) is 23.0. The number of carbonyl (C=O) groups excluding carboxylic acids is 2. The minimum absolute atomic E-state index is 0.238. The zero-order valence-corrected chi connectivity index (χ0v) is 10.1. The zero-order chi connectivity index (χ0) is 13.3. The number of pyridine rings is 1. The summed E-state index contributed by atoms with van der Waals surface area (Å²) in [5.74, 6) is -0.911. The molecule has 1 atom stereocenters. The van der Waals surface area contributed by atoms with E-state index in [1.165, 1.54) is 19.1 Å². The first-order valence-electron chi connectivity index (χ1n) is 5.56. The maximum Gasteiger partial charge on any atom is 0.217 e. The molecule has 0 aliphatic heterocycles. The van der Waals surface area contributed by atoms with E-state index in [0.717, 1.165) is 0 Å². The van der Waals surface area contributed by atoms with Crippen LogP contribution in [0.3, 0.4) is 0 Å². The summed E-state index contributed by atoms with van der Waals surface area (Å²) >= 11 is 0. The Labute approximate surface area is 103 Å². The van der Waals surface area contributed by atoms with Crippen LogP contribution >= 0.6 is 0 Å². The summed E-state index contributed by atoms with van der Waals surface area (Å²) in [6, 6.07) is 3.61. The molecule has 0 radical (unpaired) electrons. The van der Waals surface area contributed by atoms with E-state index in [2.05, 4.69) is 5.32 Å². The van der Waals surface area contributed by atoms with Gasteiger partial charge in [0.15, 0.2) is 5.78 Å². The summed E-state index contributed by atoms with van der Waals surface area (Å²) < 4.78 is 14.8. The van der Waals surface area contributed by atoms with Crippen molar-refractivity contribution in [2.75, 3.05) is 0 Å². The van der Waals surface area contributed by atoms with Crippen molar-refractivity contribution in [1.82, 2.24) is 9.72 Å². The average molecular weight is 248 g/mol. The number of aromatic nitrogens is 1. The van der Waals surface area contributed by atoms with E-state index in [1.807, 2.05) is 0 Å². The van der Waals surface area contributed by atoms with Crippen molar-refractivity contribution in [2.24, 2.45) is 0 Å². The molecule has 0 aliphatic rings. The van der Waals surface area contributed by atoms with Crippen molar-refractivity contribution in [3.05, 3.63) is 42.0 Å². The smallest absolute Gasteiger partial charge is 0.217 e. The first kappa shape index (κ1) is 12.3. The Morgan fingerprint density at radius 2 is 2.00 bits per heavy atom. The average Bonchev–Trinajstić information content (AvgIpc) is 2.69. The van der Waals surface area contributed by atoms with Gasteiger partial charge in [0.05, 0.1) is 11.6 Å². The second-order valence-electron chi connectivity index (χ2n) is 4.15. The van der Waals surface area contributed by atoms with Crippen molar-refractivity contribution < 1.29 is 14.0 Å². The minimum atomic E-state index is -0.628. The molecular formula is C13H13FN2O2. The Kier molecular flexibility index (Phi) is 3.14. The van der Waals surface area contributed by atoms with Crippen LogP contribution in [-0.4, -0.2) is 22.1 Å². The van der Waals surface area contributed by atoms with Crippen molar-refractivity contribution in [2.45, 2.75) is 19.9 Å². The van der Waals surface area contributed by atoms with E-state index in [1.54, 1.807) is 29.8 Å². The lowest BCUT2D eigenvalue weighted by Gasteiger charge is -2.10. The fourth-order valence-electron chi connectivity index (χ4n) is 1.88. The summed E-state index contributed by atoms with van der Waals surface area (Å²) in [7, 11) is 0. The van der Waals surface area contributed by atoms with Gasteiger partial charge >= 0.3 is 0 Å². The molecule has 0 saturated heterocycles. The number of rotatable bonds is 3. The van der Waals surface area contributed by atoms with Crippen LogP contribution in [0.25, 0.3) is 5.52 Å². The van der Waals surface area contributed by atoms with Gasteiger partial charge in [0.1, 0.15) is 5.82 Å². The molecule has 5 heteroatoms. The fraction of sp³-hybridized carbons (Fsp3) is 0.231. The first-order chi connectivity index (χ1) is 8.49. The number of ketones is 1.